The fourth-order valence-electron chi connectivity index (χ4n) is 6.94. The first-order chi connectivity index (χ1) is 28.5. The number of fused-ring (bicyclic) bond motifs is 1. The Balaban J connectivity index is 0.000000606. The van der Waals surface area contributed by atoms with Crippen LogP contribution in [0.5, 0.6) is 0 Å². The maximum Gasteiger partial charge on any atom is 0.416 e. The van der Waals surface area contributed by atoms with Gasteiger partial charge in [-0.1, -0.05) is 67.6 Å². The summed E-state index contributed by atoms with van der Waals surface area (Å²) in [6, 6.07) is 23.2. The normalized spacial score (nSPS) is 14.5. The zero-order valence-corrected chi connectivity index (χ0v) is 32.4. The van der Waals surface area contributed by atoms with Crippen molar-refractivity contribution in [3.63, 3.8) is 0 Å². The number of aromatic nitrogens is 2. The van der Waals surface area contributed by atoms with Gasteiger partial charge in [-0.15, -0.1) is 0 Å². The quantitative estimate of drug-likeness (QED) is 0.110. The molecule has 2 heterocycles. The Kier molecular flexibility index (Phi) is 14.9. The first kappa shape index (κ1) is 45.1. The summed E-state index contributed by atoms with van der Waals surface area (Å²) in [6.07, 6.45) is -7.21. The fourth-order valence-corrected chi connectivity index (χ4v) is 6.94. The van der Waals surface area contributed by atoms with E-state index in [1.807, 2.05) is 29.2 Å². The van der Waals surface area contributed by atoms with Crippen LogP contribution in [0.3, 0.4) is 0 Å². The SMILES string of the molecule is CCN1CCC(N(Cc2ccc(-c3ccc(C(F)(F)F)cc3)cc2)C(=O)Cn2c(CCc3cccc(F)c3F)nc(=O)c3ccccc32)CC1.O=C(O)C(O)C(O)C(=O)O. The van der Waals surface area contributed by atoms with Gasteiger partial charge in [0.15, 0.2) is 23.8 Å². The molecule has 60 heavy (non-hydrogen) atoms. The molecule has 2 unspecified atom stereocenters. The summed E-state index contributed by atoms with van der Waals surface area (Å²) >= 11 is 0. The van der Waals surface area contributed by atoms with Gasteiger partial charge in [-0.05, 0) is 78.4 Å². The van der Waals surface area contributed by atoms with Crippen molar-refractivity contribution in [2.45, 2.75) is 70.1 Å². The Morgan fingerprint density at radius 1 is 0.817 bits per heavy atom. The third-order valence-corrected chi connectivity index (χ3v) is 10.3. The van der Waals surface area contributed by atoms with Crippen molar-refractivity contribution in [2.24, 2.45) is 0 Å². The van der Waals surface area contributed by atoms with Crippen LogP contribution in [0.2, 0.25) is 0 Å². The van der Waals surface area contributed by atoms with E-state index < -0.39 is 53.1 Å². The zero-order chi connectivity index (χ0) is 43.7. The highest BCUT2D eigenvalue weighted by Crippen LogP contribution is 2.31. The zero-order valence-electron chi connectivity index (χ0n) is 32.4. The van der Waals surface area contributed by atoms with Crippen LogP contribution in [0.15, 0.2) is 95.8 Å². The van der Waals surface area contributed by atoms with Gasteiger partial charge in [0.25, 0.3) is 5.56 Å². The standard InChI is InChI=1S/C39H37F5N4O2.C4H6O6/c1-2-46-22-20-31(21-23-46)47(24-26-10-12-27(13-11-26)28-14-17-30(18-15-28)39(42,43)44)36(49)25-48-34-9-4-3-7-32(34)38(50)45-35(48)19-16-29-6-5-8-33(40)37(29)41;5-1(3(7)8)2(6)4(9)10/h3-15,17-18,31H,2,16,19-25H2,1H3;1-2,5-6H,(H,7,8)(H,9,10). The first-order valence-electron chi connectivity index (χ1n) is 19.0. The average molecular weight is 839 g/mol. The summed E-state index contributed by atoms with van der Waals surface area (Å²) in [4.78, 5) is 55.5. The molecule has 1 saturated heterocycles. The third-order valence-electron chi connectivity index (χ3n) is 10.3. The molecule has 0 saturated carbocycles. The van der Waals surface area contributed by atoms with E-state index in [-0.39, 0.29) is 36.9 Å². The molecule has 1 aliphatic rings. The molecule has 1 fully saturated rings. The lowest BCUT2D eigenvalue weighted by Crippen LogP contribution is -2.48. The van der Waals surface area contributed by atoms with Crippen LogP contribution in [0.1, 0.15) is 42.3 Å². The molecule has 12 nitrogen and oxygen atoms in total. The lowest BCUT2D eigenvalue weighted by molar-refractivity contribution is -0.165. The molecular weight excluding hydrogens is 795 g/mol. The number of carbonyl (C=O) groups is 3. The third kappa shape index (κ3) is 11.2. The average Bonchev–Trinajstić information content (AvgIpc) is 3.24. The van der Waals surface area contributed by atoms with Crippen LogP contribution in [0.4, 0.5) is 22.0 Å². The maximum absolute atomic E-state index is 14.5. The van der Waals surface area contributed by atoms with Gasteiger partial charge < -0.3 is 34.8 Å². The molecule has 1 aliphatic heterocycles. The number of alkyl halides is 3. The van der Waals surface area contributed by atoms with Gasteiger partial charge in [0.2, 0.25) is 5.91 Å². The summed E-state index contributed by atoms with van der Waals surface area (Å²) in [7, 11) is 0. The Morgan fingerprint density at radius 2 is 1.40 bits per heavy atom. The molecule has 2 atom stereocenters. The Hall–Kier alpha value is -6.04. The largest absolute Gasteiger partial charge is 0.479 e. The predicted octanol–water partition coefficient (Wildman–Crippen LogP) is 5.54. The van der Waals surface area contributed by atoms with E-state index >= 15 is 0 Å². The maximum atomic E-state index is 14.5. The Labute approximate surface area is 340 Å². The van der Waals surface area contributed by atoms with Crippen molar-refractivity contribution in [3.8, 4) is 11.1 Å². The van der Waals surface area contributed by atoms with Crippen molar-refractivity contribution in [3.05, 3.63) is 135 Å². The molecule has 5 aromatic rings. The summed E-state index contributed by atoms with van der Waals surface area (Å²) in [6.45, 7) is 4.88. The number of nitrogens with zero attached hydrogens (tertiary/aromatic N) is 4. The van der Waals surface area contributed by atoms with E-state index in [0.717, 1.165) is 61.8 Å². The summed E-state index contributed by atoms with van der Waals surface area (Å²) in [5.74, 6) is -5.33. The lowest BCUT2D eigenvalue weighted by atomic mass is 10.00. The highest BCUT2D eigenvalue weighted by molar-refractivity contribution is 5.83. The number of hydrogen-bond donors (Lipinski definition) is 4. The van der Waals surface area contributed by atoms with Gasteiger partial charge in [-0.2, -0.15) is 18.2 Å². The van der Waals surface area contributed by atoms with Gasteiger partial charge in [0.1, 0.15) is 12.4 Å². The van der Waals surface area contributed by atoms with Crippen LogP contribution in [-0.4, -0.2) is 95.5 Å². The Morgan fingerprint density at radius 3 is 1.97 bits per heavy atom. The number of aliphatic carboxylic acids is 2. The second-order valence-corrected chi connectivity index (χ2v) is 14.2. The highest BCUT2D eigenvalue weighted by Gasteiger charge is 2.31. The molecule has 17 heteroatoms. The van der Waals surface area contributed by atoms with Crippen LogP contribution in [0, 0.1) is 11.6 Å². The molecule has 318 valence electrons. The molecule has 4 aromatic carbocycles. The van der Waals surface area contributed by atoms with Crippen molar-refractivity contribution in [2.75, 3.05) is 19.6 Å². The topological polar surface area (TPSA) is 174 Å². The number of aliphatic hydroxyl groups excluding tert-OH is 2. The molecule has 6 rings (SSSR count). The summed E-state index contributed by atoms with van der Waals surface area (Å²) in [5.41, 5.74) is 1.75. The number of benzene rings is 4. The lowest BCUT2D eigenvalue weighted by Gasteiger charge is -2.38. The molecule has 1 aromatic heterocycles. The van der Waals surface area contributed by atoms with Crippen molar-refractivity contribution in [1.82, 2.24) is 19.4 Å². The van der Waals surface area contributed by atoms with Gasteiger partial charge in [0.05, 0.1) is 16.5 Å². The van der Waals surface area contributed by atoms with Gasteiger partial charge in [0, 0.05) is 32.1 Å². The van der Waals surface area contributed by atoms with E-state index in [0.29, 0.717) is 28.8 Å². The first-order valence-corrected chi connectivity index (χ1v) is 19.0. The smallest absolute Gasteiger partial charge is 0.416 e. The molecule has 4 N–H and O–H groups in total. The molecule has 0 spiro atoms. The van der Waals surface area contributed by atoms with Crippen molar-refractivity contribution < 1.29 is 56.8 Å². The number of carboxylic acids is 2. The molecule has 0 aliphatic carbocycles. The summed E-state index contributed by atoms with van der Waals surface area (Å²) in [5, 5.41) is 32.9. The van der Waals surface area contributed by atoms with Gasteiger partial charge in [-0.25, -0.2) is 18.4 Å². The number of halogens is 5. The number of hydrogen-bond acceptors (Lipinski definition) is 8. The molecular formula is C43H43F5N4O8. The van der Waals surface area contributed by atoms with Crippen LogP contribution in [0.25, 0.3) is 22.0 Å². The minimum atomic E-state index is -4.41. The second kappa shape index (κ2) is 19.8. The minimum absolute atomic E-state index is 0.0525. The van der Waals surface area contributed by atoms with E-state index in [1.54, 1.807) is 28.8 Å². The number of piperidine rings is 1. The number of amides is 1. The number of carboxylic acid groups (broad SMARTS) is 2. The molecule has 1 amide bonds. The van der Waals surface area contributed by atoms with Crippen molar-refractivity contribution >= 4 is 28.7 Å². The minimum Gasteiger partial charge on any atom is -0.479 e. The fraction of sp³-hybridized carbons (Fsp3) is 0.326. The highest BCUT2D eigenvalue weighted by atomic mass is 19.4. The number of aliphatic hydroxyl groups is 2. The monoisotopic (exact) mass is 838 g/mol. The molecule has 0 bridgehead atoms. The molecule has 0 radical (unpaired) electrons. The van der Waals surface area contributed by atoms with Gasteiger partial charge in [-0.3, -0.25) is 9.59 Å². The van der Waals surface area contributed by atoms with E-state index in [2.05, 4.69) is 16.8 Å². The van der Waals surface area contributed by atoms with Crippen LogP contribution >= 0.6 is 0 Å². The number of aryl methyl sites for hydroxylation is 2. The Bertz CT molecular complexity index is 2330. The number of likely N-dealkylation sites (tertiary alicyclic amines) is 1. The number of rotatable bonds is 13. The number of carbonyl (C=O) groups excluding carboxylic acids is 1. The van der Waals surface area contributed by atoms with Crippen LogP contribution in [-0.2, 0) is 46.5 Å². The van der Waals surface area contributed by atoms with E-state index in [1.165, 1.54) is 24.3 Å². The van der Waals surface area contributed by atoms with Crippen LogP contribution < -0.4 is 5.56 Å². The summed E-state index contributed by atoms with van der Waals surface area (Å²) < 4.78 is 69.4. The van der Waals surface area contributed by atoms with Crippen molar-refractivity contribution in [1.29, 1.82) is 0 Å². The van der Waals surface area contributed by atoms with E-state index in [4.69, 9.17) is 20.4 Å². The van der Waals surface area contributed by atoms with E-state index in [9.17, 15) is 41.1 Å². The van der Waals surface area contributed by atoms with Gasteiger partial charge >= 0.3 is 18.1 Å². The predicted molar refractivity (Wildman–Crippen MR) is 210 cm³/mol. The second-order valence-electron chi connectivity index (χ2n) is 14.2. The number of para-hydroxylation sites is 1.